The number of rotatable bonds is 8. The minimum atomic E-state index is -3.86. The summed E-state index contributed by atoms with van der Waals surface area (Å²) in [5, 5.41) is 5.47. The molecule has 0 aromatic heterocycles. The van der Waals surface area contributed by atoms with E-state index in [0.717, 1.165) is 22.7 Å². The lowest BCUT2D eigenvalue weighted by atomic mass is 10.2. The second kappa shape index (κ2) is 9.94. The van der Waals surface area contributed by atoms with Crippen LogP contribution in [0.25, 0.3) is 0 Å². The molecule has 2 amide bonds. The molecule has 1 aliphatic heterocycles. The maximum absolute atomic E-state index is 13.0. The lowest BCUT2D eigenvalue weighted by Gasteiger charge is -2.22. The molecule has 4 rings (SSSR count). The molecule has 2 aliphatic rings. The van der Waals surface area contributed by atoms with E-state index in [2.05, 4.69) is 10.6 Å². The highest BCUT2D eigenvalue weighted by atomic mass is 32.2. The molecule has 0 spiro atoms. The van der Waals surface area contributed by atoms with Crippen LogP contribution in [0, 0.1) is 6.92 Å². The summed E-state index contributed by atoms with van der Waals surface area (Å²) in [6, 6.07) is 12.1. The molecule has 1 atom stereocenters. The highest BCUT2D eigenvalue weighted by Crippen LogP contribution is 2.27. The standard InChI is InChI=1S/C24H27N3O6S/c1-16-7-11-20(12-8-16)34(31,32)27-13-3-6-21(27)24(30)33-15-22(28)25-19-5-2-4-17(14-19)23(29)26-18-9-10-18/h2,4-5,7-8,11-12,14,18,21H,3,6,9-10,13,15H2,1H3,(H,25,28)(H,26,29)/t21-/m0/s1. The van der Waals surface area contributed by atoms with Gasteiger partial charge in [0, 0.05) is 23.8 Å². The smallest absolute Gasteiger partial charge is 0.324 e. The number of amides is 2. The number of nitrogens with one attached hydrogen (secondary N) is 2. The van der Waals surface area contributed by atoms with Crippen molar-refractivity contribution >= 4 is 33.5 Å². The predicted molar refractivity (Wildman–Crippen MR) is 125 cm³/mol. The lowest BCUT2D eigenvalue weighted by Crippen LogP contribution is -2.42. The number of anilines is 1. The molecule has 0 radical (unpaired) electrons. The van der Waals surface area contributed by atoms with Crippen LogP contribution < -0.4 is 10.6 Å². The van der Waals surface area contributed by atoms with Gasteiger partial charge in [-0.1, -0.05) is 23.8 Å². The summed E-state index contributed by atoms with van der Waals surface area (Å²) in [6.07, 6.45) is 2.78. The Balaban J connectivity index is 1.33. The lowest BCUT2D eigenvalue weighted by molar-refractivity contribution is -0.150. The largest absolute Gasteiger partial charge is 0.454 e. The van der Waals surface area contributed by atoms with Crippen molar-refractivity contribution in [1.29, 1.82) is 0 Å². The Morgan fingerprint density at radius 1 is 1.06 bits per heavy atom. The van der Waals surface area contributed by atoms with Crippen LogP contribution in [-0.4, -0.2) is 55.7 Å². The Labute approximate surface area is 198 Å². The first-order valence-electron chi connectivity index (χ1n) is 11.2. The van der Waals surface area contributed by atoms with Crippen molar-refractivity contribution in [2.45, 2.75) is 49.6 Å². The maximum Gasteiger partial charge on any atom is 0.324 e. The fourth-order valence-electron chi connectivity index (χ4n) is 3.77. The van der Waals surface area contributed by atoms with Gasteiger partial charge < -0.3 is 15.4 Å². The third kappa shape index (κ3) is 5.63. The van der Waals surface area contributed by atoms with Crippen LogP contribution in [0.15, 0.2) is 53.4 Å². The minimum Gasteiger partial charge on any atom is -0.454 e. The van der Waals surface area contributed by atoms with E-state index in [9.17, 15) is 22.8 Å². The molecule has 2 fully saturated rings. The molecule has 0 bridgehead atoms. The fraction of sp³-hybridized carbons (Fsp3) is 0.375. The van der Waals surface area contributed by atoms with Crippen molar-refractivity contribution in [3.63, 3.8) is 0 Å². The zero-order valence-corrected chi connectivity index (χ0v) is 19.6. The van der Waals surface area contributed by atoms with Gasteiger partial charge in [-0.15, -0.1) is 0 Å². The predicted octanol–water partition coefficient (Wildman–Crippen LogP) is 2.22. The van der Waals surface area contributed by atoms with Crippen LogP contribution in [0.3, 0.4) is 0 Å². The van der Waals surface area contributed by atoms with Gasteiger partial charge in [-0.05, 0) is 62.9 Å². The topological polar surface area (TPSA) is 122 Å². The van der Waals surface area contributed by atoms with Crippen LogP contribution >= 0.6 is 0 Å². The van der Waals surface area contributed by atoms with Gasteiger partial charge in [0.2, 0.25) is 10.0 Å². The molecule has 1 heterocycles. The summed E-state index contributed by atoms with van der Waals surface area (Å²) in [4.78, 5) is 37.2. The summed E-state index contributed by atoms with van der Waals surface area (Å²) in [5.41, 5.74) is 1.75. The molecule has 2 aromatic carbocycles. The van der Waals surface area contributed by atoms with Gasteiger partial charge >= 0.3 is 5.97 Å². The van der Waals surface area contributed by atoms with Crippen molar-refractivity contribution < 1.29 is 27.5 Å². The molecular weight excluding hydrogens is 458 g/mol. The van der Waals surface area contributed by atoms with Gasteiger partial charge in [0.15, 0.2) is 6.61 Å². The molecule has 1 aliphatic carbocycles. The van der Waals surface area contributed by atoms with Gasteiger partial charge in [0.25, 0.3) is 11.8 Å². The molecule has 1 saturated carbocycles. The third-order valence-corrected chi connectivity index (χ3v) is 7.69. The number of hydrogen-bond donors (Lipinski definition) is 2. The van der Waals surface area contributed by atoms with E-state index < -0.39 is 34.5 Å². The highest BCUT2D eigenvalue weighted by Gasteiger charge is 2.40. The summed E-state index contributed by atoms with van der Waals surface area (Å²) in [6.45, 7) is 1.50. The van der Waals surface area contributed by atoms with E-state index in [0.29, 0.717) is 24.1 Å². The number of carbonyl (C=O) groups excluding carboxylic acids is 3. The quantitative estimate of drug-likeness (QED) is 0.553. The number of ether oxygens (including phenoxy) is 1. The fourth-order valence-corrected chi connectivity index (χ4v) is 5.42. The van der Waals surface area contributed by atoms with Gasteiger partial charge in [0.1, 0.15) is 6.04 Å². The molecule has 2 N–H and O–H groups in total. The van der Waals surface area contributed by atoms with Crippen LogP contribution in [0.4, 0.5) is 5.69 Å². The van der Waals surface area contributed by atoms with Gasteiger partial charge in [-0.3, -0.25) is 14.4 Å². The Bertz CT molecular complexity index is 1190. The Hall–Kier alpha value is -3.24. The Morgan fingerprint density at radius 2 is 1.79 bits per heavy atom. The highest BCUT2D eigenvalue weighted by molar-refractivity contribution is 7.89. The van der Waals surface area contributed by atoms with Crippen molar-refractivity contribution in [1.82, 2.24) is 9.62 Å². The zero-order chi connectivity index (χ0) is 24.3. The first-order chi connectivity index (χ1) is 16.2. The average molecular weight is 486 g/mol. The van der Waals surface area contributed by atoms with Crippen molar-refractivity contribution in [2.24, 2.45) is 0 Å². The second-order valence-electron chi connectivity index (χ2n) is 8.57. The Morgan fingerprint density at radius 3 is 2.50 bits per heavy atom. The first kappa shape index (κ1) is 23.9. The summed E-state index contributed by atoms with van der Waals surface area (Å²) in [7, 11) is -3.86. The van der Waals surface area contributed by atoms with E-state index in [4.69, 9.17) is 4.74 Å². The van der Waals surface area contributed by atoms with Crippen LogP contribution in [-0.2, 0) is 24.3 Å². The van der Waals surface area contributed by atoms with Gasteiger partial charge in [-0.2, -0.15) is 4.31 Å². The molecular formula is C24H27N3O6S. The number of esters is 1. The van der Waals surface area contributed by atoms with Crippen molar-refractivity contribution in [3.8, 4) is 0 Å². The second-order valence-corrected chi connectivity index (χ2v) is 10.5. The molecule has 180 valence electrons. The number of benzene rings is 2. The van der Waals surface area contributed by atoms with E-state index >= 15 is 0 Å². The molecule has 9 nitrogen and oxygen atoms in total. The first-order valence-corrected chi connectivity index (χ1v) is 12.6. The van der Waals surface area contributed by atoms with Crippen LogP contribution in [0.1, 0.15) is 41.6 Å². The summed E-state index contributed by atoms with van der Waals surface area (Å²) >= 11 is 0. The number of nitrogens with zero attached hydrogens (tertiary/aromatic N) is 1. The zero-order valence-electron chi connectivity index (χ0n) is 18.8. The molecule has 1 saturated heterocycles. The summed E-state index contributed by atoms with van der Waals surface area (Å²) in [5.74, 6) is -1.55. The molecule has 0 unspecified atom stereocenters. The van der Waals surface area contributed by atoms with E-state index in [1.54, 1.807) is 36.4 Å². The van der Waals surface area contributed by atoms with E-state index in [-0.39, 0.29) is 23.4 Å². The van der Waals surface area contributed by atoms with Crippen molar-refractivity contribution in [3.05, 3.63) is 59.7 Å². The number of hydrogen-bond acceptors (Lipinski definition) is 6. The number of sulfonamides is 1. The Kier molecular flexibility index (Phi) is 6.99. The van der Waals surface area contributed by atoms with E-state index in [1.165, 1.54) is 12.1 Å². The molecule has 2 aromatic rings. The average Bonchev–Trinajstić information content (AvgIpc) is 3.48. The monoisotopic (exact) mass is 485 g/mol. The SMILES string of the molecule is Cc1ccc(S(=O)(=O)N2CCC[C@H]2C(=O)OCC(=O)Nc2cccc(C(=O)NC3CC3)c2)cc1. The molecule has 34 heavy (non-hydrogen) atoms. The summed E-state index contributed by atoms with van der Waals surface area (Å²) < 4.78 is 32.3. The van der Waals surface area contributed by atoms with Crippen LogP contribution in [0.2, 0.25) is 0 Å². The normalized spacial score (nSPS) is 18.3. The van der Waals surface area contributed by atoms with Crippen molar-refractivity contribution in [2.75, 3.05) is 18.5 Å². The minimum absolute atomic E-state index is 0.112. The van der Waals surface area contributed by atoms with E-state index in [1.807, 2.05) is 6.92 Å². The van der Waals surface area contributed by atoms with Crippen LogP contribution in [0.5, 0.6) is 0 Å². The molecule has 10 heteroatoms. The number of aryl methyl sites for hydroxylation is 1. The third-order valence-electron chi connectivity index (χ3n) is 5.77. The maximum atomic E-state index is 13.0. The number of carbonyl (C=O) groups is 3. The van der Waals surface area contributed by atoms with Gasteiger partial charge in [0.05, 0.1) is 4.90 Å². The van der Waals surface area contributed by atoms with Gasteiger partial charge in [-0.25, -0.2) is 8.42 Å².